The number of sulfone groups is 1. The predicted octanol–water partition coefficient (Wildman–Crippen LogP) is 3.14. The molecule has 0 fully saturated rings. The van der Waals surface area contributed by atoms with Crippen molar-refractivity contribution in [1.82, 2.24) is 0 Å². The van der Waals surface area contributed by atoms with Gasteiger partial charge in [-0.25, -0.2) is 13.2 Å². The Morgan fingerprint density at radius 3 is 2.46 bits per heavy atom. The summed E-state index contributed by atoms with van der Waals surface area (Å²) in [4.78, 5) is 11.6. The minimum Gasteiger partial charge on any atom is -0.497 e. The van der Waals surface area contributed by atoms with E-state index in [1.54, 1.807) is 18.2 Å². The summed E-state index contributed by atoms with van der Waals surface area (Å²) in [5, 5.41) is 9.44. The van der Waals surface area contributed by atoms with Gasteiger partial charge in [-0.1, -0.05) is 12.1 Å². The average Bonchev–Trinajstić information content (AvgIpc) is 2.55. The number of hydrogen-bond acceptors (Lipinski definition) is 5. The van der Waals surface area contributed by atoms with Crippen molar-refractivity contribution in [2.45, 2.75) is 10.6 Å². The van der Waals surface area contributed by atoms with Gasteiger partial charge in [-0.05, 0) is 45.8 Å². The summed E-state index contributed by atoms with van der Waals surface area (Å²) in [5.74, 6) is -1.24. The lowest BCUT2D eigenvalue weighted by molar-refractivity contribution is 0.0692. The molecule has 0 spiro atoms. The zero-order valence-corrected chi connectivity index (χ0v) is 15.3. The number of benzene rings is 2. The molecule has 0 saturated carbocycles. The zero-order valence-electron chi connectivity index (χ0n) is 12.9. The summed E-state index contributed by atoms with van der Waals surface area (Å²) in [7, 11) is -0.989. The smallest absolute Gasteiger partial charge is 0.339 e. The van der Waals surface area contributed by atoms with E-state index in [9.17, 15) is 18.3 Å². The van der Waals surface area contributed by atoms with Crippen molar-refractivity contribution in [3.8, 4) is 11.5 Å². The molecule has 0 heterocycles. The number of ether oxygens (including phenoxy) is 2. The first-order valence-electron chi connectivity index (χ1n) is 6.75. The van der Waals surface area contributed by atoms with Gasteiger partial charge in [0.25, 0.3) is 0 Å². The number of hydrogen-bond donors (Lipinski definition) is 1. The Morgan fingerprint density at radius 1 is 1.17 bits per heavy atom. The lowest BCUT2D eigenvalue weighted by atomic mass is 10.1. The molecule has 2 aromatic rings. The highest BCUT2D eigenvalue weighted by atomic mass is 79.9. The molecule has 0 saturated heterocycles. The first kappa shape index (κ1) is 18.3. The molecule has 0 radical (unpaired) electrons. The van der Waals surface area contributed by atoms with Crippen LogP contribution in [0, 0.1) is 0 Å². The van der Waals surface area contributed by atoms with E-state index in [2.05, 4.69) is 15.9 Å². The Bertz CT molecular complexity index is 876. The van der Waals surface area contributed by atoms with Crippen molar-refractivity contribution in [2.24, 2.45) is 0 Å². The molecular formula is C16H15BrO6S. The van der Waals surface area contributed by atoms with E-state index < -0.39 is 21.6 Å². The maximum atomic E-state index is 12.6. The van der Waals surface area contributed by atoms with Crippen LogP contribution in [0.15, 0.2) is 45.8 Å². The molecule has 0 atom stereocenters. The van der Waals surface area contributed by atoms with E-state index in [-0.39, 0.29) is 21.8 Å². The largest absolute Gasteiger partial charge is 0.497 e. The van der Waals surface area contributed by atoms with Gasteiger partial charge in [0.2, 0.25) is 0 Å². The van der Waals surface area contributed by atoms with Gasteiger partial charge in [0.15, 0.2) is 9.84 Å². The number of carboxylic acid groups (broad SMARTS) is 1. The van der Waals surface area contributed by atoms with E-state index in [0.717, 1.165) is 0 Å². The minimum absolute atomic E-state index is 0.0556. The lowest BCUT2D eigenvalue weighted by Crippen LogP contribution is -2.11. The molecule has 0 aliphatic carbocycles. The molecule has 0 amide bonds. The molecule has 2 aromatic carbocycles. The molecule has 0 aromatic heterocycles. The molecule has 2 rings (SSSR count). The van der Waals surface area contributed by atoms with Gasteiger partial charge < -0.3 is 14.6 Å². The quantitative estimate of drug-likeness (QED) is 0.780. The number of methoxy groups -OCH3 is 2. The van der Waals surface area contributed by atoms with E-state index in [1.165, 1.54) is 32.4 Å². The summed E-state index contributed by atoms with van der Waals surface area (Å²) in [5.41, 5.74) is -0.0382. The molecule has 0 bridgehead atoms. The molecule has 0 unspecified atom stereocenters. The number of halogens is 1. The second kappa shape index (κ2) is 7.23. The Labute approximate surface area is 148 Å². The fourth-order valence-corrected chi connectivity index (χ4v) is 4.13. The lowest BCUT2D eigenvalue weighted by Gasteiger charge is -2.13. The molecule has 1 N–H and O–H groups in total. The number of carboxylic acids is 1. The topological polar surface area (TPSA) is 89.9 Å². The second-order valence-electron chi connectivity index (χ2n) is 4.86. The van der Waals surface area contributed by atoms with Crippen LogP contribution < -0.4 is 9.47 Å². The van der Waals surface area contributed by atoms with Gasteiger partial charge in [0, 0.05) is 0 Å². The Kier molecular flexibility index (Phi) is 5.51. The normalized spacial score (nSPS) is 11.1. The predicted molar refractivity (Wildman–Crippen MR) is 91.5 cm³/mol. The van der Waals surface area contributed by atoms with Crippen molar-refractivity contribution in [3.63, 3.8) is 0 Å². The molecule has 6 nitrogen and oxygen atoms in total. The summed E-state index contributed by atoms with van der Waals surface area (Å²) in [6.07, 6.45) is 0. The number of carbonyl (C=O) groups is 1. The fraction of sp³-hybridized carbons (Fsp3) is 0.188. The number of rotatable bonds is 6. The van der Waals surface area contributed by atoms with Gasteiger partial charge in [0.05, 0.1) is 29.3 Å². The highest BCUT2D eigenvalue weighted by Crippen LogP contribution is 2.33. The van der Waals surface area contributed by atoms with E-state index in [0.29, 0.717) is 10.2 Å². The van der Waals surface area contributed by atoms with Gasteiger partial charge in [-0.2, -0.15) is 0 Å². The molecule has 8 heteroatoms. The summed E-state index contributed by atoms with van der Waals surface area (Å²) in [6, 6.07) is 9.03. The van der Waals surface area contributed by atoms with Crippen molar-refractivity contribution < 1.29 is 27.8 Å². The van der Waals surface area contributed by atoms with Crippen molar-refractivity contribution in [3.05, 3.63) is 52.0 Å². The Balaban J connectivity index is 2.52. The minimum atomic E-state index is -3.75. The molecule has 0 aliphatic heterocycles. The summed E-state index contributed by atoms with van der Waals surface area (Å²) in [6.45, 7) is 0. The molecule has 24 heavy (non-hydrogen) atoms. The first-order valence-corrected chi connectivity index (χ1v) is 9.20. The zero-order chi connectivity index (χ0) is 17.9. The molecular weight excluding hydrogens is 400 g/mol. The molecule has 128 valence electrons. The Hall–Kier alpha value is -2.06. The second-order valence-corrected chi connectivity index (χ2v) is 7.70. The van der Waals surface area contributed by atoms with Gasteiger partial charge in [-0.15, -0.1) is 0 Å². The van der Waals surface area contributed by atoms with Crippen LogP contribution in [0.1, 0.15) is 15.9 Å². The van der Waals surface area contributed by atoms with Gasteiger partial charge >= 0.3 is 5.97 Å². The summed E-state index contributed by atoms with van der Waals surface area (Å²) < 4.78 is 35.8. The van der Waals surface area contributed by atoms with Crippen molar-refractivity contribution in [2.75, 3.05) is 14.2 Å². The third-order valence-corrected chi connectivity index (χ3v) is 5.65. The van der Waals surface area contributed by atoms with Crippen LogP contribution in [-0.2, 0) is 15.6 Å². The van der Waals surface area contributed by atoms with E-state index in [1.807, 2.05) is 0 Å². The van der Waals surface area contributed by atoms with Crippen LogP contribution in [0.2, 0.25) is 0 Å². The average molecular weight is 415 g/mol. The summed E-state index contributed by atoms with van der Waals surface area (Å²) >= 11 is 3.20. The van der Waals surface area contributed by atoms with Crippen LogP contribution in [0.4, 0.5) is 0 Å². The van der Waals surface area contributed by atoms with Crippen molar-refractivity contribution >= 4 is 31.7 Å². The van der Waals surface area contributed by atoms with E-state index in [4.69, 9.17) is 9.47 Å². The van der Waals surface area contributed by atoms with Gasteiger partial charge in [-0.3, -0.25) is 0 Å². The highest BCUT2D eigenvalue weighted by molar-refractivity contribution is 9.10. The van der Waals surface area contributed by atoms with E-state index >= 15 is 0 Å². The van der Waals surface area contributed by atoms with Crippen LogP contribution in [0.5, 0.6) is 11.5 Å². The third-order valence-electron chi connectivity index (χ3n) is 3.36. The van der Waals surface area contributed by atoms with Crippen LogP contribution in [0.25, 0.3) is 0 Å². The van der Waals surface area contributed by atoms with Crippen LogP contribution >= 0.6 is 15.9 Å². The fourth-order valence-electron chi connectivity index (χ4n) is 2.24. The first-order chi connectivity index (χ1) is 11.3. The number of aromatic carboxylic acids is 1. The maximum absolute atomic E-state index is 12.6. The Morgan fingerprint density at radius 2 is 1.88 bits per heavy atom. The maximum Gasteiger partial charge on any atom is 0.339 e. The third kappa shape index (κ3) is 3.70. The van der Waals surface area contributed by atoms with Crippen LogP contribution in [-0.4, -0.2) is 33.7 Å². The van der Waals surface area contributed by atoms with Crippen molar-refractivity contribution in [1.29, 1.82) is 0 Å². The monoisotopic (exact) mass is 414 g/mol. The van der Waals surface area contributed by atoms with Crippen LogP contribution in [0.3, 0.4) is 0 Å². The highest BCUT2D eigenvalue weighted by Gasteiger charge is 2.24. The standard InChI is InChI=1S/C16H15BrO6S/c1-22-11-4-3-5-12(8-11)24(20,21)9-10-6-7-13(17)15(23-2)14(10)16(18)19/h3-8H,9H2,1-2H3,(H,18,19). The van der Waals surface area contributed by atoms with Gasteiger partial charge in [0.1, 0.15) is 17.1 Å². The molecule has 0 aliphatic rings. The SMILES string of the molecule is COc1cccc(S(=O)(=O)Cc2ccc(Br)c(OC)c2C(=O)O)c1.